The van der Waals surface area contributed by atoms with Crippen LogP contribution in [0.15, 0.2) is 36.7 Å². The maximum absolute atomic E-state index is 13.6. The van der Waals surface area contributed by atoms with Crippen LogP contribution in [0.2, 0.25) is 0 Å². The zero-order valence-corrected chi connectivity index (χ0v) is 8.05. The van der Waals surface area contributed by atoms with E-state index in [9.17, 15) is 4.39 Å². The van der Waals surface area contributed by atoms with Crippen LogP contribution in [0.5, 0.6) is 0 Å². The van der Waals surface area contributed by atoms with Crippen molar-refractivity contribution >= 4 is 0 Å². The summed E-state index contributed by atoms with van der Waals surface area (Å²) in [6.07, 6.45) is 4.39. The van der Waals surface area contributed by atoms with E-state index < -0.39 is 0 Å². The minimum absolute atomic E-state index is 0.0892. The van der Waals surface area contributed by atoms with Gasteiger partial charge in [0.15, 0.2) is 0 Å². The van der Waals surface area contributed by atoms with E-state index in [1.807, 2.05) is 30.6 Å². The third-order valence-electron chi connectivity index (χ3n) is 2.33. The maximum atomic E-state index is 13.6. The summed E-state index contributed by atoms with van der Waals surface area (Å²) in [5, 5.41) is 0. The number of rotatable bonds is 2. The normalized spacial score (nSPS) is 10.4. The van der Waals surface area contributed by atoms with Gasteiger partial charge in [0, 0.05) is 18.8 Å². The van der Waals surface area contributed by atoms with Crippen molar-refractivity contribution in [2.24, 2.45) is 0 Å². The molecule has 2 aromatic rings. The van der Waals surface area contributed by atoms with Crippen LogP contribution in [0.1, 0.15) is 16.7 Å². The van der Waals surface area contributed by atoms with Crippen LogP contribution in [0.3, 0.4) is 0 Å². The first kappa shape index (κ1) is 9.00. The van der Waals surface area contributed by atoms with Crippen LogP contribution in [-0.2, 0) is 6.42 Å². The third kappa shape index (κ3) is 1.69. The molecule has 0 atom stereocenters. The highest BCUT2D eigenvalue weighted by Gasteiger charge is 2.05. The molecule has 1 heterocycles. The molecule has 0 aliphatic heterocycles. The molecule has 0 bridgehead atoms. The quantitative estimate of drug-likeness (QED) is 0.747. The highest BCUT2D eigenvalue weighted by molar-refractivity contribution is 5.29. The Balaban J connectivity index is 2.29. The second kappa shape index (κ2) is 3.66. The zero-order valence-electron chi connectivity index (χ0n) is 8.05. The van der Waals surface area contributed by atoms with Crippen LogP contribution >= 0.6 is 0 Å². The van der Waals surface area contributed by atoms with E-state index in [-0.39, 0.29) is 5.82 Å². The Bertz CT molecular complexity index is 418. The van der Waals surface area contributed by atoms with Crippen molar-refractivity contribution in [2.45, 2.75) is 13.3 Å². The molecule has 72 valence electrons. The summed E-state index contributed by atoms with van der Waals surface area (Å²) in [5.41, 5.74) is 2.57. The van der Waals surface area contributed by atoms with E-state index in [1.54, 1.807) is 13.0 Å². The van der Waals surface area contributed by atoms with Crippen molar-refractivity contribution in [3.63, 3.8) is 0 Å². The summed E-state index contributed by atoms with van der Waals surface area (Å²) in [6.45, 7) is 1.79. The van der Waals surface area contributed by atoms with Gasteiger partial charge in [-0.25, -0.2) is 4.39 Å². The Morgan fingerprint density at radius 1 is 1.29 bits per heavy atom. The first-order valence-electron chi connectivity index (χ1n) is 4.63. The molecule has 0 fully saturated rings. The van der Waals surface area contributed by atoms with Crippen LogP contribution in [0.25, 0.3) is 0 Å². The van der Waals surface area contributed by atoms with Gasteiger partial charge in [-0.3, -0.25) is 0 Å². The largest absolute Gasteiger partial charge is 0.367 e. The average Bonchev–Trinajstić information content (AvgIpc) is 2.66. The lowest BCUT2D eigenvalue weighted by Crippen LogP contribution is -1.93. The molecule has 0 aliphatic carbocycles. The molecule has 1 nitrogen and oxygen atoms in total. The summed E-state index contributed by atoms with van der Waals surface area (Å²) < 4.78 is 13.6. The summed E-state index contributed by atoms with van der Waals surface area (Å²) >= 11 is 0. The van der Waals surface area contributed by atoms with E-state index >= 15 is 0 Å². The fourth-order valence-corrected chi connectivity index (χ4v) is 1.53. The van der Waals surface area contributed by atoms with Crippen LogP contribution < -0.4 is 0 Å². The molecule has 0 unspecified atom stereocenters. The molecule has 0 saturated carbocycles. The zero-order chi connectivity index (χ0) is 9.97. The average molecular weight is 189 g/mol. The number of aryl methyl sites for hydroxylation is 1. The molecular weight excluding hydrogens is 177 g/mol. The Labute approximate surface area is 82.6 Å². The number of halogens is 1. The minimum atomic E-state index is -0.0892. The first-order chi connectivity index (χ1) is 6.77. The summed E-state index contributed by atoms with van der Waals surface area (Å²) in [7, 11) is 0. The molecule has 2 heteroatoms. The number of aromatic amines is 1. The lowest BCUT2D eigenvalue weighted by atomic mass is 10.0. The molecule has 14 heavy (non-hydrogen) atoms. The van der Waals surface area contributed by atoms with Crippen LogP contribution in [0.4, 0.5) is 4.39 Å². The summed E-state index contributed by atoms with van der Waals surface area (Å²) in [5.74, 6) is -0.0892. The Morgan fingerprint density at radius 3 is 2.86 bits per heavy atom. The Hall–Kier alpha value is -1.57. The van der Waals surface area contributed by atoms with Crippen molar-refractivity contribution in [1.29, 1.82) is 0 Å². The van der Waals surface area contributed by atoms with Gasteiger partial charge in [-0.2, -0.15) is 0 Å². The van der Waals surface area contributed by atoms with E-state index in [2.05, 4.69) is 4.98 Å². The highest BCUT2D eigenvalue weighted by Crippen LogP contribution is 2.15. The van der Waals surface area contributed by atoms with E-state index in [4.69, 9.17) is 0 Å². The molecule has 0 spiro atoms. The Kier molecular flexibility index (Phi) is 2.35. The number of aromatic nitrogens is 1. The highest BCUT2D eigenvalue weighted by atomic mass is 19.1. The first-order valence-corrected chi connectivity index (χ1v) is 4.63. The van der Waals surface area contributed by atoms with Gasteiger partial charge in [0.25, 0.3) is 0 Å². The van der Waals surface area contributed by atoms with E-state index in [1.165, 1.54) is 0 Å². The number of benzene rings is 1. The molecule has 0 aliphatic rings. The predicted molar refractivity (Wildman–Crippen MR) is 54.7 cm³/mol. The summed E-state index contributed by atoms with van der Waals surface area (Å²) in [4.78, 5) is 2.96. The second-order valence-electron chi connectivity index (χ2n) is 3.44. The van der Waals surface area contributed by atoms with Crippen molar-refractivity contribution in [3.8, 4) is 0 Å². The second-order valence-corrected chi connectivity index (χ2v) is 3.44. The predicted octanol–water partition coefficient (Wildman–Crippen LogP) is 3.05. The van der Waals surface area contributed by atoms with Gasteiger partial charge in [0.2, 0.25) is 0 Å². The van der Waals surface area contributed by atoms with Gasteiger partial charge in [0.1, 0.15) is 5.82 Å². The lowest BCUT2D eigenvalue weighted by Gasteiger charge is -2.03. The molecule has 0 amide bonds. The van der Waals surface area contributed by atoms with Crippen molar-refractivity contribution < 1.29 is 4.39 Å². The number of H-pyrrole nitrogens is 1. The lowest BCUT2D eigenvalue weighted by molar-refractivity contribution is 0.605. The standard InChI is InChI=1S/C12H12FN/c1-9-3-2-4-11(12(9)13)7-10-5-6-14-8-10/h2-6,8,14H,7H2,1H3. The monoisotopic (exact) mass is 189 g/mol. The van der Waals surface area contributed by atoms with Gasteiger partial charge >= 0.3 is 0 Å². The molecule has 1 aromatic heterocycles. The number of nitrogens with one attached hydrogen (secondary N) is 1. The fraction of sp³-hybridized carbons (Fsp3) is 0.167. The minimum Gasteiger partial charge on any atom is -0.367 e. The maximum Gasteiger partial charge on any atom is 0.129 e. The molecule has 0 radical (unpaired) electrons. The van der Waals surface area contributed by atoms with E-state index in [0.717, 1.165) is 11.1 Å². The van der Waals surface area contributed by atoms with Gasteiger partial charge in [-0.15, -0.1) is 0 Å². The van der Waals surface area contributed by atoms with Gasteiger partial charge in [-0.05, 0) is 29.7 Å². The van der Waals surface area contributed by atoms with Gasteiger partial charge in [-0.1, -0.05) is 18.2 Å². The molecule has 1 aromatic carbocycles. The topological polar surface area (TPSA) is 15.8 Å². The molecule has 2 rings (SSSR count). The van der Waals surface area contributed by atoms with Gasteiger partial charge in [0.05, 0.1) is 0 Å². The molecule has 1 N–H and O–H groups in total. The number of hydrogen-bond acceptors (Lipinski definition) is 0. The number of hydrogen-bond donors (Lipinski definition) is 1. The molecular formula is C12H12FN. The van der Waals surface area contributed by atoms with Crippen molar-refractivity contribution in [3.05, 3.63) is 59.2 Å². The van der Waals surface area contributed by atoms with Crippen LogP contribution in [0, 0.1) is 12.7 Å². The van der Waals surface area contributed by atoms with Crippen LogP contribution in [-0.4, -0.2) is 4.98 Å². The fourth-order valence-electron chi connectivity index (χ4n) is 1.53. The Morgan fingerprint density at radius 2 is 2.14 bits per heavy atom. The van der Waals surface area contributed by atoms with E-state index in [0.29, 0.717) is 12.0 Å². The van der Waals surface area contributed by atoms with Crippen molar-refractivity contribution in [1.82, 2.24) is 4.98 Å². The van der Waals surface area contributed by atoms with Gasteiger partial charge < -0.3 is 4.98 Å². The third-order valence-corrected chi connectivity index (χ3v) is 2.33. The SMILES string of the molecule is Cc1cccc(Cc2cc[nH]c2)c1F. The van der Waals surface area contributed by atoms with Crippen molar-refractivity contribution in [2.75, 3.05) is 0 Å². The summed E-state index contributed by atoms with van der Waals surface area (Å²) in [6, 6.07) is 7.47. The molecule has 0 saturated heterocycles. The smallest absolute Gasteiger partial charge is 0.129 e.